The molecule has 1 atom stereocenters. The summed E-state index contributed by atoms with van der Waals surface area (Å²) in [7, 11) is 3.69. The van der Waals surface area contributed by atoms with Crippen LogP contribution in [0.4, 0.5) is 0 Å². The number of amidine groups is 1. The molecule has 1 aromatic carbocycles. The van der Waals surface area contributed by atoms with Crippen LogP contribution in [0.5, 0.6) is 5.75 Å². The van der Waals surface area contributed by atoms with Crippen molar-refractivity contribution in [3.05, 3.63) is 29.8 Å². The van der Waals surface area contributed by atoms with Crippen LogP contribution in [0.25, 0.3) is 0 Å². The Labute approximate surface area is 103 Å². The molecule has 1 rings (SSSR count). The van der Waals surface area contributed by atoms with Crippen molar-refractivity contribution in [2.75, 3.05) is 20.7 Å². The Hall–Kier alpha value is -1.55. The van der Waals surface area contributed by atoms with Gasteiger partial charge in [0, 0.05) is 19.0 Å². The molecule has 0 saturated carbocycles. The maximum Gasteiger partial charge on any atom is 0.118 e. The number of benzene rings is 1. The number of methoxy groups -OCH3 is 1. The highest BCUT2D eigenvalue weighted by Gasteiger charge is 2.09. The zero-order valence-electron chi connectivity index (χ0n) is 10.7. The number of nitrogens with zero attached hydrogens (tertiary/aromatic N) is 1. The standard InChI is InChI=1S/C13H21N3O/c1-10(13(14)15)8-16(2)9-11-4-6-12(17-3)7-5-11/h4-7,10H,8-9H2,1-3H3,(H3,14,15). The van der Waals surface area contributed by atoms with Gasteiger partial charge in [-0.3, -0.25) is 5.41 Å². The average molecular weight is 235 g/mol. The lowest BCUT2D eigenvalue weighted by Gasteiger charge is -2.20. The van der Waals surface area contributed by atoms with Crippen LogP contribution in [-0.2, 0) is 6.54 Å². The van der Waals surface area contributed by atoms with Crippen molar-refractivity contribution in [3.8, 4) is 5.75 Å². The molecule has 4 heteroatoms. The minimum atomic E-state index is 0.0956. The van der Waals surface area contributed by atoms with E-state index in [0.29, 0.717) is 0 Å². The van der Waals surface area contributed by atoms with E-state index in [9.17, 15) is 0 Å². The number of hydrogen-bond acceptors (Lipinski definition) is 3. The molecular weight excluding hydrogens is 214 g/mol. The fourth-order valence-corrected chi connectivity index (χ4v) is 1.67. The molecule has 0 aliphatic heterocycles. The Kier molecular flexibility index (Phi) is 4.97. The monoisotopic (exact) mass is 235 g/mol. The maximum atomic E-state index is 7.36. The van der Waals surface area contributed by atoms with Gasteiger partial charge >= 0.3 is 0 Å². The third kappa shape index (κ3) is 4.44. The molecule has 0 saturated heterocycles. The van der Waals surface area contributed by atoms with E-state index < -0.39 is 0 Å². The molecule has 0 aromatic heterocycles. The summed E-state index contributed by atoms with van der Waals surface area (Å²) in [6.45, 7) is 3.61. The first-order valence-corrected chi connectivity index (χ1v) is 5.68. The third-order valence-corrected chi connectivity index (χ3v) is 2.73. The number of hydrogen-bond donors (Lipinski definition) is 2. The lowest BCUT2D eigenvalue weighted by Crippen LogP contribution is -2.31. The predicted molar refractivity (Wildman–Crippen MR) is 70.4 cm³/mol. The molecule has 0 aliphatic carbocycles. The van der Waals surface area contributed by atoms with Gasteiger partial charge in [-0.05, 0) is 24.7 Å². The molecule has 0 amide bonds. The molecule has 0 bridgehead atoms. The molecule has 0 aliphatic rings. The van der Waals surface area contributed by atoms with Gasteiger partial charge in [0.05, 0.1) is 12.9 Å². The van der Waals surface area contributed by atoms with Crippen LogP contribution in [0, 0.1) is 11.3 Å². The van der Waals surface area contributed by atoms with Crippen LogP contribution in [0.15, 0.2) is 24.3 Å². The van der Waals surface area contributed by atoms with Gasteiger partial charge in [-0.2, -0.15) is 0 Å². The first kappa shape index (κ1) is 13.5. The molecule has 17 heavy (non-hydrogen) atoms. The van der Waals surface area contributed by atoms with Crippen LogP contribution in [0.3, 0.4) is 0 Å². The Bertz CT molecular complexity index is 361. The van der Waals surface area contributed by atoms with E-state index in [-0.39, 0.29) is 11.8 Å². The second-order valence-corrected chi connectivity index (χ2v) is 4.40. The van der Waals surface area contributed by atoms with Crippen molar-refractivity contribution in [1.82, 2.24) is 4.90 Å². The van der Waals surface area contributed by atoms with Crippen molar-refractivity contribution < 1.29 is 4.74 Å². The number of nitrogens with one attached hydrogen (secondary N) is 1. The average Bonchev–Trinajstić information content (AvgIpc) is 2.29. The summed E-state index contributed by atoms with van der Waals surface area (Å²) < 4.78 is 5.11. The molecule has 1 aromatic rings. The molecule has 0 radical (unpaired) electrons. The topological polar surface area (TPSA) is 62.3 Å². The van der Waals surface area contributed by atoms with Gasteiger partial charge in [0.1, 0.15) is 5.75 Å². The van der Waals surface area contributed by atoms with E-state index in [2.05, 4.69) is 4.90 Å². The quantitative estimate of drug-likeness (QED) is 0.582. The summed E-state index contributed by atoms with van der Waals surface area (Å²) in [5, 5.41) is 7.36. The Morgan fingerprint density at radius 3 is 2.47 bits per heavy atom. The van der Waals surface area contributed by atoms with Gasteiger partial charge in [-0.25, -0.2) is 0 Å². The zero-order valence-corrected chi connectivity index (χ0v) is 10.7. The van der Waals surface area contributed by atoms with Crippen molar-refractivity contribution in [3.63, 3.8) is 0 Å². The van der Waals surface area contributed by atoms with Crippen LogP contribution in [0.2, 0.25) is 0 Å². The molecular formula is C13H21N3O. The molecule has 0 spiro atoms. The van der Waals surface area contributed by atoms with Gasteiger partial charge in [0.15, 0.2) is 0 Å². The minimum Gasteiger partial charge on any atom is -0.497 e. The molecule has 94 valence electrons. The van der Waals surface area contributed by atoms with Crippen LogP contribution in [-0.4, -0.2) is 31.4 Å². The van der Waals surface area contributed by atoms with E-state index in [1.54, 1.807) is 7.11 Å². The fraction of sp³-hybridized carbons (Fsp3) is 0.462. The number of nitrogens with two attached hydrogens (primary N) is 1. The molecule has 1 unspecified atom stereocenters. The van der Waals surface area contributed by atoms with Crippen LogP contribution >= 0.6 is 0 Å². The largest absolute Gasteiger partial charge is 0.497 e. The molecule has 0 fully saturated rings. The third-order valence-electron chi connectivity index (χ3n) is 2.73. The van der Waals surface area contributed by atoms with Crippen LogP contribution in [0.1, 0.15) is 12.5 Å². The number of ether oxygens (including phenoxy) is 1. The van der Waals surface area contributed by atoms with Crippen LogP contribution < -0.4 is 10.5 Å². The summed E-state index contributed by atoms with van der Waals surface area (Å²) in [5.41, 5.74) is 6.68. The zero-order chi connectivity index (χ0) is 12.8. The normalized spacial score (nSPS) is 12.5. The predicted octanol–water partition coefficient (Wildman–Crippen LogP) is 1.70. The van der Waals surface area contributed by atoms with E-state index >= 15 is 0 Å². The SMILES string of the molecule is COc1ccc(CN(C)CC(C)C(=N)N)cc1. The summed E-state index contributed by atoms with van der Waals surface area (Å²) in [4.78, 5) is 2.16. The van der Waals surface area contributed by atoms with Crippen molar-refractivity contribution in [1.29, 1.82) is 5.41 Å². The number of rotatable bonds is 6. The second kappa shape index (κ2) is 6.25. The Morgan fingerprint density at radius 1 is 1.41 bits per heavy atom. The fourth-order valence-electron chi connectivity index (χ4n) is 1.67. The van der Waals surface area contributed by atoms with Crippen molar-refractivity contribution in [2.24, 2.45) is 11.7 Å². The first-order valence-electron chi connectivity index (χ1n) is 5.68. The molecule has 4 nitrogen and oxygen atoms in total. The first-order chi connectivity index (χ1) is 8.02. The Morgan fingerprint density at radius 2 is 2.00 bits per heavy atom. The lowest BCUT2D eigenvalue weighted by atomic mass is 10.1. The molecule has 3 N–H and O–H groups in total. The van der Waals surface area contributed by atoms with E-state index in [1.165, 1.54) is 5.56 Å². The highest BCUT2D eigenvalue weighted by Crippen LogP contribution is 2.13. The highest BCUT2D eigenvalue weighted by molar-refractivity contribution is 5.79. The van der Waals surface area contributed by atoms with E-state index in [4.69, 9.17) is 15.9 Å². The van der Waals surface area contributed by atoms with Crippen molar-refractivity contribution >= 4 is 5.84 Å². The van der Waals surface area contributed by atoms with E-state index in [0.717, 1.165) is 18.8 Å². The van der Waals surface area contributed by atoms with Gasteiger partial charge in [0.25, 0.3) is 0 Å². The smallest absolute Gasteiger partial charge is 0.118 e. The Balaban J connectivity index is 2.49. The van der Waals surface area contributed by atoms with Gasteiger partial charge in [-0.15, -0.1) is 0 Å². The van der Waals surface area contributed by atoms with Gasteiger partial charge < -0.3 is 15.4 Å². The van der Waals surface area contributed by atoms with Gasteiger partial charge in [0.2, 0.25) is 0 Å². The minimum absolute atomic E-state index is 0.0956. The second-order valence-electron chi connectivity index (χ2n) is 4.40. The summed E-state index contributed by atoms with van der Waals surface area (Å²) >= 11 is 0. The maximum absolute atomic E-state index is 7.36. The van der Waals surface area contributed by atoms with E-state index in [1.807, 2.05) is 38.2 Å². The summed E-state index contributed by atoms with van der Waals surface area (Å²) in [6.07, 6.45) is 0. The van der Waals surface area contributed by atoms with Gasteiger partial charge in [-0.1, -0.05) is 19.1 Å². The summed E-state index contributed by atoms with van der Waals surface area (Å²) in [6, 6.07) is 8.01. The summed E-state index contributed by atoms with van der Waals surface area (Å²) in [5.74, 6) is 1.21. The lowest BCUT2D eigenvalue weighted by molar-refractivity contribution is 0.306. The van der Waals surface area contributed by atoms with Crippen molar-refractivity contribution in [2.45, 2.75) is 13.5 Å². The highest BCUT2D eigenvalue weighted by atomic mass is 16.5. The molecule has 0 heterocycles.